The van der Waals surface area contributed by atoms with Gasteiger partial charge in [0.25, 0.3) is 5.91 Å². The van der Waals surface area contributed by atoms with Gasteiger partial charge in [-0.05, 0) is 29.0 Å². The Hall–Kier alpha value is -2.39. The first-order valence-corrected chi connectivity index (χ1v) is 8.33. The molecule has 0 fully saturated rings. The average Bonchev–Trinajstić information content (AvgIpc) is 3.06. The van der Waals surface area contributed by atoms with Crippen LogP contribution in [0.2, 0.25) is 0 Å². The molecule has 134 valence electrons. The van der Waals surface area contributed by atoms with Crippen LogP contribution < -0.4 is 15.5 Å². The van der Waals surface area contributed by atoms with E-state index in [1.807, 2.05) is 23.9 Å². The second-order valence-electron chi connectivity index (χ2n) is 5.49. The number of benzene rings is 1. The van der Waals surface area contributed by atoms with Gasteiger partial charge in [0.05, 0.1) is 19.3 Å². The SMILES string of the molecule is C[NH+](CC(=O)NCC(=O)Nc1ccc(F)c(F)c1F)Cc1ccsc1. The molecule has 2 aromatic rings. The van der Waals surface area contributed by atoms with E-state index in [9.17, 15) is 22.8 Å². The third kappa shape index (κ3) is 5.57. The summed E-state index contributed by atoms with van der Waals surface area (Å²) >= 11 is 1.57. The highest BCUT2D eigenvalue weighted by molar-refractivity contribution is 7.07. The zero-order valence-corrected chi connectivity index (χ0v) is 14.2. The molecule has 2 rings (SSSR count). The van der Waals surface area contributed by atoms with Crippen LogP contribution in [0.5, 0.6) is 0 Å². The van der Waals surface area contributed by atoms with Crippen molar-refractivity contribution in [3.8, 4) is 0 Å². The van der Waals surface area contributed by atoms with Crippen molar-refractivity contribution in [1.29, 1.82) is 0 Å². The summed E-state index contributed by atoms with van der Waals surface area (Å²) in [5, 5.41) is 8.42. The molecule has 1 heterocycles. The third-order valence-corrected chi connectivity index (χ3v) is 4.04. The number of halogens is 3. The van der Waals surface area contributed by atoms with E-state index in [4.69, 9.17) is 0 Å². The Balaban J connectivity index is 1.77. The number of carbonyl (C=O) groups excluding carboxylic acids is 2. The van der Waals surface area contributed by atoms with E-state index in [0.29, 0.717) is 12.6 Å². The maximum absolute atomic E-state index is 13.5. The van der Waals surface area contributed by atoms with Crippen LogP contribution in [0.3, 0.4) is 0 Å². The molecular weight excluding hydrogens is 355 g/mol. The van der Waals surface area contributed by atoms with E-state index < -0.39 is 35.6 Å². The summed E-state index contributed by atoms with van der Waals surface area (Å²) in [5.41, 5.74) is 0.625. The number of hydrogen-bond acceptors (Lipinski definition) is 3. The highest BCUT2D eigenvalue weighted by Crippen LogP contribution is 2.19. The lowest BCUT2D eigenvalue weighted by Crippen LogP contribution is -3.08. The molecule has 0 spiro atoms. The smallest absolute Gasteiger partial charge is 0.275 e. The van der Waals surface area contributed by atoms with Crippen molar-refractivity contribution in [3.05, 3.63) is 52.0 Å². The van der Waals surface area contributed by atoms with Gasteiger partial charge in [-0.3, -0.25) is 9.59 Å². The van der Waals surface area contributed by atoms with Gasteiger partial charge >= 0.3 is 0 Å². The topological polar surface area (TPSA) is 62.6 Å². The molecule has 0 radical (unpaired) electrons. The maximum atomic E-state index is 13.5. The summed E-state index contributed by atoms with van der Waals surface area (Å²) in [4.78, 5) is 24.4. The van der Waals surface area contributed by atoms with Crippen LogP contribution in [0.4, 0.5) is 18.9 Å². The fourth-order valence-corrected chi connectivity index (χ4v) is 2.81. The van der Waals surface area contributed by atoms with Gasteiger partial charge in [-0.25, -0.2) is 13.2 Å². The van der Waals surface area contributed by atoms with Gasteiger partial charge in [0.15, 0.2) is 24.0 Å². The van der Waals surface area contributed by atoms with Crippen molar-refractivity contribution in [2.75, 3.05) is 25.5 Å². The number of amides is 2. The monoisotopic (exact) mass is 372 g/mol. The summed E-state index contributed by atoms with van der Waals surface area (Å²) < 4.78 is 39.4. The molecule has 3 N–H and O–H groups in total. The molecule has 0 bridgehead atoms. The van der Waals surface area contributed by atoms with Gasteiger partial charge in [-0.2, -0.15) is 11.3 Å². The average molecular weight is 372 g/mol. The molecular formula is C16H17F3N3O2S+. The van der Waals surface area contributed by atoms with Gasteiger partial charge < -0.3 is 15.5 Å². The number of likely N-dealkylation sites (N-methyl/N-ethyl adjacent to an activating group) is 1. The van der Waals surface area contributed by atoms with E-state index >= 15 is 0 Å². The molecule has 1 aromatic carbocycles. The number of rotatable bonds is 7. The van der Waals surface area contributed by atoms with Gasteiger partial charge in [0.2, 0.25) is 5.91 Å². The minimum absolute atomic E-state index is 0.155. The van der Waals surface area contributed by atoms with Crippen LogP contribution in [0.1, 0.15) is 5.56 Å². The van der Waals surface area contributed by atoms with Crippen LogP contribution in [0, 0.1) is 17.5 Å². The maximum Gasteiger partial charge on any atom is 0.275 e. The minimum Gasteiger partial charge on any atom is -0.342 e. The zero-order chi connectivity index (χ0) is 18.4. The van der Waals surface area contributed by atoms with E-state index in [1.165, 1.54) is 0 Å². The van der Waals surface area contributed by atoms with Crippen molar-refractivity contribution in [3.63, 3.8) is 0 Å². The van der Waals surface area contributed by atoms with E-state index in [1.54, 1.807) is 11.3 Å². The van der Waals surface area contributed by atoms with Gasteiger partial charge in [-0.1, -0.05) is 0 Å². The first kappa shape index (κ1) is 18.9. The molecule has 1 aromatic heterocycles. The highest BCUT2D eigenvalue weighted by Gasteiger charge is 2.16. The standard InChI is InChI=1S/C16H16F3N3O2S/c1-22(7-10-4-5-25-9-10)8-14(24)20-6-13(23)21-12-3-2-11(17)15(18)16(12)19/h2-5,9H,6-8H2,1H3,(H,20,24)(H,21,23)/p+1. The first-order chi connectivity index (χ1) is 11.9. The fraction of sp³-hybridized carbons (Fsp3) is 0.250. The van der Waals surface area contributed by atoms with Gasteiger partial charge in [0, 0.05) is 5.56 Å². The summed E-state index contributed by atoms with van der Waals surface area (Å²) in [6.07, 6.45) is 0. The molecule has 25 heavy (non-hydrogen) atoms. The lowest BCUT2D eigenvalue weighted by molar-refractivity contribution is -0.885. The van der Waals surface area contributed by atoms with Crippen LogP contribution in [-0.4, -0.2) is 32.0 Å². The fourth-order valence-electron chi connectivity index (χ4n) is 2.14. The second-order valence-corrected chi connectivity index (χ2v) is 6.27. The molecule has 0 aliphatic rings. The molecule has 0 aliphatic heterocycles. The number of thiophene rings is 1. The molecule has 1 atom stereocenters. The van der Waals surface area contributed by atoms with E-state index in [0.717, 1.165) is 16.5 Å². The predicted molar refractivity (Wildman–Crippen MR) is 87.7 cm³/mol. The molecule has 0 saturated carbocycles. The lowest BCUT2D eigenvalue weighted by Gasteiger charge is -2.13. The van der Waals surface area contributed by atoms with E-state index in [2.05, 4.69) is 10.6 Å². The molecule has 2 amide bonds. The largest absolute Gasteiger partial charge is 0.342 e. The lowest BCUT2D eigenvalue weighted by atomic mass is 10.2. The van der Waals surface area contributed by atoms with Crippen molar-refractivity contribution in [2.24, 2.45) is 0 Å². The molecule has 1 unspecified atom stereocenters. The summed E-state index contributed by atoms with van der Waals surface area (Å²) in [7, 11) is 1.84. The van der Waals surface area contributed by atoms with Crippen LogP contribution in [0.25, 0.3) is 0 Å². The normalized spacial score (nSPS) is 11.8. The minimum atomic E-state index is -1.67. The van der Waals surface area contributed by atoms with E-state index in [-0.39, 0.29) is 12.5 Å². The number of quaternary nitrogens is 1. The predicted octanol–water partition coefficient (Wildman–Crippen LogP) is 0.935. The van der Waals surface area contributed by atoms with Crippen LogP contribution >= 0.6 is 11.3 Å². The van der Waals surface area contributed by atoms with Crippen LogP contribution in [0.15, 0.2) is 29.0 Å². The number of carbonyl (C=O) groups is 2. The van der Waals surface area contributed by atoms with Gasteiger partial charge in [-0.15, -0.1) is 0 Å². The zero-order valence-electron chi connectivity index (χ0n) is 13.4. The first-order valence-electron chi connectivity index (χ1n) is 7.39. The molecule has 9 heteroatoms. The summed E-state index contributed by atoms with van der Waals surface area (Å²) in [6, 6.07) is 3.58. The van der Waals surface area contributed by atoms with Crippen molar-refractivity contribution >= 4 is 28.8 Å². The van der Waals surface area contributed by atoms with Gasteiger partial charge in [0.1, 0.15) is 6.54 Å². The van der Waals surface area contributed by atoms with Crippen LogP contribution in [-0.2, 0) is 16.1 Å². The Morgan fingerprint density at radius 3 is 2.56 bits per heavy atom. The Bertz CT molecular complexity index is 753. The second kappa shape index (κ2) is 8.63. The molecule has 5 nitrogen and oxygen atoms in total. The van der Waals surface area contributed by atoms with Crippen molar-refractivity contribution < 1.29 is 27.7 Å². The quantitative estimate of drug-likeness (QED) is 0.634. The summed E-state index contributed by atoms with van der Waals surface area (Å²) in [5.74, 6) is -5.59. The summed E-state index contributed by atoms with van der Waals surface area (Å²) in [6.45, 7) is 0.425. The Morgan fingerprint density at radius 2 is 1.88 bits per heavy atom. The molecule has 0 aliphatic carbocycles. The Kier molecular flexibility index (Phi) is 6.54. The van der Waals surface area contributed by atoms with Crippen molar-refractivity contribution in [1.82, 2.24) is 5.32 Å². The number of hydrogen-bond donors (Lipinski definition) is 3. The third-order valence-electron chi connectivity index (χ3n) is 3.30. The Labute approximate surface area is 146 Å². The highest BCUT2D eigenvalue weighted by atomic mass is 32.1. The molecule has 0 saturated heterocycles. The number of anilines is 1. The number of nitrogens with one attached hydrogen (secondary N) is 3. The van der Waals surface area contributed by atoms with Crippen molar-refractivity contribution in [2.45, 2.75) is 6.54 Å². The Morgan fingerprint density at radius 1 is 1.12 bits per heavy atom.